The van der Waals surface area contributed by atoms with Gasteiger partial charge in [-0.25, -0.2) is 0 Å². The summed E-state index contributed by atoms with van der Waals surface area (Å²) in [4.78, 5) is 22.6. The van der Waals surface area contributed by atoms with Crippen molar-refractivity contribution in [2.24, 2.45) is 0 Å². The second-order valence-corrected chi connectivity index (χ2v) is 3.78. The standard InChI is InChI=1S/C10H16N2O2/c1-6(2)11-10(14)8-4-5-9(13)12-7(8)3/h6H,4-5H2,1-3H3,(H,11,14)(H,12,13). The summed E-state index contributed by atoms with van der Waals surface area (Å²) in [6.07, 6.45) is 0.939. The van der Waals surface area contributed by atoms with Crippen molar-refractivity contribution in [1.82, 2.24) is 10.6 Å². The van der Waals surface area contributed by atoms with Crippen molar-refractivity contribution in [2.45, 2.75) is 39.7 Å². The lowest BCUT2D eigenvalue weighted by Gasteiger charge is -2.19. The van der Waals surface area contributed by atoms with E-state index < -0.39 is 0 Å². The zero-order valence-electron chi connectivity index (χ0n) is 8.81. The van der Waals surface area contributed by atoms with Crippen LogP contribution in [0.2, 0.25) is 0 Å². The molecule has 4 nitrogen and oxygen atoms in total. The first-order chi connectivity index (χ1) is 6.50. The van der Waals surface area contributed by atoms with Crippen molar-refractivity contribution >= 4 is 11.8 Å². The summed E-state index contributed by atoms with van der Waals surface area (Å²) >= 11 is 0. The van der Waals surface area contributed by atoms with Crippen LogP contribution >= 0.6 is 0 Å². The van der Waals surface area contributed by atoms with Gasteiger partial charge in [-0.2, -0.15) is 0 Å². The minimum Gasteiger partial charge on any atom is -0.350 e. The van der Waals surface area contributed by atoms with Gasteiger partial charge < -0.3 is 10.6 Å². The van der Waals surface area contributed by atoms with Crippen LogP contribution in [0, 0.1) is 0 Å². The molecule has 1 rings (SSSR count). The van der Waals surface area contributed by atoms with Gasteiger partial charge in [0, 0.05) is 23.7 Å². The zero-order valence-corrected chi connectivity index (χ0v) is 8.81. The second kappa shape index (κ2) is 4.26. The van der Waals surface area contributed by atoms with E-state index in [9.17, 15) is 9.59 Å². The molecular weight excluding hydrogens is 180 g/mol. The van der Waals surface area contributed by atoms with Crippen LogP contribution in [0.4, 0.5) is 0 Å². The Bertz CT molecular complexity index is 292. The molecule has 0 aromatic rings. The van der Waals surface area contributed by atoms with Gasteiger partial charge in [0.1, 0.15) is 0 Å². The molecule has 14 heavy (non-hydrogen) atoms. The van der Waals surface area contributed by atoms with E-state index in [4.69, 9.17) is 0 Å². The molecule has 0 unspecified atom stereocenters. The van der Waals surface area contributed by atoms with Gasteiger partial charge in [0.05, 0.1) is 0 Å². The highest BCUT2D eigenvalue weighted by molar-refractivity contribution is 5.97. The minimum absolute atomic E-state index is 0.0106. The SMILES string of the molecule is CC1=C(C(=O)NC(C)C)CCC(=O)N1. The molecule has 1 aliphatic rings. The molecular formula is C10H16N2O2. The average Bonchev–Trinajstić information content (AvgIpc) is 2.01. The van der Waals surface area contributed by atoms with Crippen LogP contribution in [-0.4, -0.2) is 17.9 Å². The Hall–Kier alpha value is -1.32. The zero-order chi connectivity index (χ0) is 10.7. The van der Waals surface area contributed by atoms with Crippen LogP contribution < -0.4 is 10.6 Å². The summed E-state index contributed by atoms with van der Waals surface area (Å²) in [6, 6.07) is 0.125. The number of hydrogen-bond donors (Lipinski definition) is 2. The Morgan fingerprint density at radius 1 is 1.43 bits per heavy atom. The van der Waals surface area contributed by atoms with E-state index in [1.807, 2.05) is 13.8 Å². The van der Waals surface area contributed by atoms with Gasteiger partial charge in [-0.3, -0.25) is 9.59 Å². The molecule has 2 N–H and O–H groups in total. The van der Waals surface area contributed by atoms with Crippen molar-refractivity contribution in [3.63, 3.8) is 0 Å². The lowest BCUT2D eigenvalue weighted by atomic mass is 10.0. The van der Waals surface area contributed by atoms with E-state index in [0.717, 1.165) is 0 Å². The van der Waals surface area contributed by atoms with Crippen molar-refractivity contribution in [3.8, 4) is 0 Å². The molecule has 0 fully saturated rings. The molecule has 4 heteroatoms. The summed E-state index contributed by atoms with van der Waals surface area (Å²) in [5.41, 5.74) is 1.37. The Kier molecular flexibility index (Phi) is 3.28. The molecule has 0 atom stereocenters. The highest BCUT2D eigenvalue weighted by Crippen LogP contribution is 2.14. The van der Waals surface area contributed by atoms with Gasteiger partial charge in [-0.05, 0) is 27.2 Å². The van der Waals surface area contributed by atoms with Crippen LogP contribution in [0.1, 0.15) is 33.6 Å². The molecule has 0 aromatic carbocycles. The maximum atomic E-state index is 11.6. The molecule has 0 bridgehead atoms. The number of carbonyl (C=O) groups is 2. The molecule has 1 aliphatic heterocycles. The van der Waals surface area contributed by atoms with E-state index in [1.165, 1.54) is 0 Å². The molecule has 0 spiro atoms. The van der Waals surface area contributed by atoms with E-state index in [0.29, 0.717) is 24.1 Å². The number of allylic oxidation sites excluding steroid dienone is 1. The first kappa shape index (κ1) is 10.8. The number of hydrogen-bond acceptors (Lipinski definition) is 2. The minimum atomic E-state index is -0.0718. The summed E-state index contributed by atoms with van der Waals surface area (Å²) < 4.78 is 0. The van der Waals surface area contributed by atoms with Gasteiger partial charge >= 0.3 is 0 Å². The average molecular weight is 196 g/mol. The Labute approximate surface area is 83.8 Å². The smallest absolute Gasteiger partial charge is 0.249 e. The van der Waals surface area contributed by atoms with Crippen LogP contribution in [0.3, 0.4) is 0 Å². The Balaban J connectivity index is 2.72. The van der Waals surface area contributed by atoms with E-state index in [1.54, 1.807) is 6.92 Å². The normalized spacial score (nSPS) is 17.0. The number of nitrogens with one attached hydrogen (secondary N) is 2. The third-order valence-corrected chi connectivity index (χ3v) is 2.08. The predicted molar refractivity (Wildman–Crippen MR) is 53.4 cm³/mol. The first-order valence-corrected chi connectivity index (χ1v) is 4.81. The summed E-state index contributed by atoms with van der Waals surface area (Å²) in [7, 11) is 0. The highest BCUT2D eigenvalue weighted by Gasteiger charge is 2.20. The third kappa shape index (κ3) is 2.58. The van der Waals surface area contributed by atoms with Gasteiger partial charge in [0.15, 0.2) is 0 Å². The van der Waals surface area contributed by atoms with Crippen molar-refractivity contribution in [3.05, 3.63) is 11.3 Å². The van der Waals surface area contributed by atoms with Crippen LogP contribution in [0.15, 0.2) is 11.3 Å². The molecule has 0 saturated heterocycles. The fourth-order valence-corrected chi connectivity index (χ4v) is 1.41. The quantitative estimate of drug-likeness (QED) is 0.683. The number of rotatable bonds is 2. The highest BCUT2D eigenvalue weighted by atomic mass is 16.2. The summed E-state index contributed by atoms with van der Waals surface area (Å²) in [6.45, 7) is 5.58. The van der Waals surface area contributed by atoms with E-state index in [2.05, 4.69) is 10.6 Å². The number of amides is 2. The maximum absolute atomic E-state index is 11.6. The third-order valence-electron chi connectivity index (χ3n) is 2.08. The van der Waals surface area contributed by atoms with Gasteiger partial charge in [0.2, 0.25) is 11.8 Å². The fraction of sp³-hybridized carbons (Fsp3) is 0.600. The fourth-order valence-electron chi connectivity index (χ4n) is 1.41. The second-order valence-electron chi connectivity index (χ2n) is 3.78. The Morgan fingerprint density at radius 3 is 2.57 bits per heavy atom. The van der Waals surface area contributed by atoms with Crippen LogP contribution in [0.25, 0.3) is 0 Å². The van der Waals surface area contributed by atoms with Gasteiger partial charge in [-0.15, -0.1) is 0 Å². The van der Waals surface area contributed by atoms with Crippen LogP contribution in [0.5, 0.6) is 0 Å². The van der Waals surface area contributed by atoms with Crippen molar-refractivity contribution < 1.29 is 9.59 Å². The maximum Gasteiger partial charge on any atom is 0.249 e. The number of carbonyl (C=O) groups excluding carboxylic acids is 2. The van der Waals surface area contributed by atoms with Gasteiger partial charge in [0.25, 0.3) is 0 Å². The lowest BCUT2D eigenvalue weighted by Crippen LogP contribution is -2.36. The van der Waals surface area contributed by atoms with Crippen molar-refractivity contribution in [1.29, 1.82) is 0 Å². The molecule has 0 aliphatic carbocycles. The lowest BCUT2D eigenvalue weighted by molar-refractivity contribution is -0.121. The predicted octanol–water partition coefficient (Wildman–Crippen LogP) is 0.695. The van der Waals surface area contributed by atoms with E-state index in [-0.39, 0.29) is 17.9 Å². The first-order valence-electron chi connectivity index (χ1n) is 4.81. The Morgan fingerprint density at radius 2 is 2.07 bits per heavy atom. The van der Waals surface area contributed by atoms with Crippen LogP contribution in [-0.2, 0) is 9.59 Å². The molecule has 2 amide bonds. The molecule has 1 heterocycles. The molecule has 0 aromatic heterocycles. The summed E-state index contributed by atoms with van der Waals surface area (Å²) in [5.74, 6) is -0.0823. The molecule has 0 radical (unpaired) electrons. The molecule has 0 saturated carbocycles. The summed E-state index contributed by atoms with van der Waals surface area (Å²) in [5, 5.41) is 5.47. The monoisotopic (exact) mass is 196 g/mol. The largest absolute Gasteiger partial charge is 0.350 e. The van der Waals surface area contributed by atoms with Gasteiger partial charge in [-0.1, -0.05) is 0 Å². The topological polar surface area (TPSA) is 58.2 Å². The van der Waals surface area contributed by atoms with E-state index >= 15 is 0 Å². The molecule has 78 valence electrons. The van der Waals surface area contributed by atoms with Crippen molar-refractivity contribution in [2.75, 3.05) is 0 Å².